The van der Waals surface area contributed by atoms with Crippen LogP contribution < -0.4 is 4.74 Å². The molecule has 0 radical (unpaired) electrons. The molecule has 3 aromatic carbocycles. The molecular weight excluding hydrogens is 288 g/mol. The summed E-state index contributed by atoms with van der Waals surface area (Å²) >= 11 is 0. The summed E-state index contributed by atoms with van der Waals surface area (Å²) in [5.74, 6) is 0.776. The molecule has 23 heavy (non-hydrogen) atoms. The molecule has 0 spiro atoms. The van der Waals surface area contributed by atoms with E-state index in [-0.39, 0.29) is 11.3 Å². The van der Waals surface area contributed by atoms with Gasteiger partial charge in [0.2, 0.25) is 0 Å². The molecule has 0 fully saturated rings. The normalized spacial score (nSPS) is 10.3. The zero-order valence-corrected chi connectivity index (χ0v) is 12.5. The first-order valence-corrected chi connectivity index (χ1v) is 7.31. The first-order chi connectivity index (χ1) is 11.3. The van der Waals surface area contributed by atoms with Crippen molar-refractivity contribution in [2.75, 3.05) is 0 Å². The minimum atomic E-state index is -0.00781. The Morgan fingerprint density at radius 2 is 1.57 bits per heavy atom. The maximum absolute atomic E-state index is 10.9. The lowest BCUT2D eigenvalue weighted by atomic mass is 10.0. The molecule has 0 aromatic heterocycles. The van der Waals surface area contributed by atoms with Gasteiger partial charge >= 0.3 is 0 Å². The van der Waals surface area contributed by atoms with Crippen LogP contribution in [0.15, 0.2) is 72.8 Å². The van der Waals surface area contributed by atoms with E-state index in [2.05, 4.69) is 0 Å². The van der Waals surface area contributed by atoms with Gasteiger partial charge in [0.25, 0.3) is 0 Å². The summed E-state index contributed by atoms with van der Waals surface area (Å²) in [6.07, 6.45) is 0.649. The maximum Gasteiger partial charge on any atom is 0.153 e. The highest BCUT2D eigenvalue weighted by Crippen LogP contribution is 2.26. The van der Waals surface area contributed by atoms with E-state index in [9.17, 15) is 9.90 Å². The summed E-state index contributed by atoms with van der Waals surface area (Å²) in [4.78, 5) is 10.9. The van der Waals surface area contributed by atoms with Gasteiger partial charge in [-0.2, -0.15) is 0 Å². The number of carbonyl (C=O) groups is 1. The molecule has 0 heterocycles. The van der Waals surface area contributed by atoms with Crippen LogP contribution >= 0.6 is 0 Å². The molecule has 0 bridgehead atoms. The summed E-state index contributed by atoms with van der Waals surface area (Å²) < 4.78 is 5.75. The lowest BCUT2D eigenvalue weighted by Crippen LogP contribution is -1.94. The van der Waals surface area contributed by atoms with Crippen LogP contribution in [0.25, 0.3) is 11.1 Å². The SMILES string of the molecule is O=Cc1cc(-c2ccc(OCc3ccccc3)cc2)ccc1O. The summed E-state index contributed by atoms with van der Waals surface area (Å²) in [7, 11) is 0. The fourth-order valence-corrected chi connectivity index (χ4v) is 2.31. The van der Waals surface area contributed by atoms with Crippen molar-refractivity contribution < 1.29 is 14.6 Å². The van der Waals surface area contributed by atoms with E-state index >= 15 is 0 Å². The molecule has 0 amide bonds. The smallest absolute Gasteiger partial charge is 0.153 e. The highest BCUT2D eigenvalue weighted by Gasteiger charge is 2.04. The molecule has 0 aliphatic heterocycles. The monoisotopic (exact) mass is 304 g/mol. The molecule has 3 heteroatoms. The molecule has 0 aliphatic carbocycles. The average molecular weight is 304 g/mol. The number of hydrogen-bond donors (Lipinski definition) is 1. The number of ether oxygens (including phenoxy) is 1. The Morgan fingerprint density at radius 1 is 0.870 bits per heavy atom. The number of phenols is 1. The standard InChI is InChI=1S/C20H16O3/c21-13-18-12-17(8-11-20(18)22)16-6-9-19(10-7-16)23-14-15-4-2-1-3-5-15/h1-13,22H,14H2. The van der Waals surface area contributed by atoms with Crippen molar-refractivity contribution in [2.45, 2.75) is 6.61 Å². The van der Waals surface area contributed by atoms with Crippen LogP contribution in [-0.4, -0.2) is 11.4 Å². The number of aromatic hydroxyl groups is 1. The molecule has 114 valence electrons. The Bertz CT molecular complexity index is 793. The van der Waals surface area contributed by atoms with Gasteiger partial charge in [-0.3, -0.25) is 4.79 Å². The van der Waals surface area contributed by atoms with Crippen molar-refractivity contribution in [3.63, 3.8) is 0 Å². The van der Waals surface area contributed by atoms with Crippen molar-refractivity contribution in [3.8, 4) is 22.6 Å². The topological polar surface area (TPSA) is 46.5 Å². The summed E-state index contributed by atoms with van der Waals surface area (Å²) in [6.45, 7) is 0.523. The van der Waals surface area contributed by atoms with Crippen molar-refractivity contribution in [2.24, 2.45) is 0 Å². The van der Waals surface area contributed by atoms with E-state index in [0.717, 1.165) is 22.4 Å². The molecule has 3 rings (SSSR count). The first-order valence-electron chi connectivity index (χ1n) is 7.31. The van der Waals surface area contributed by atoms with Gasteiger partial charge in [0, 0.05) is 0 Å². The minimum Gasteiger partial charge on any atom is -0.507 e. The maximum atomic E-state index is 10.9. The second-order valence-corrected chi connectivity index (χ2v) is 5.19. The van der Waals surface area contributed by atoms with E-state index in [4.69, 9.17) is 4.74 Å². The highest BCUT2D eigenvalue weighted by atomic mass is 16.5. The van der Waals surface area contributed by atoms with Crippen LogP contribution in [0.4, 0.5) is 0 Å². The van der Waals surface area contributed by atoms with Crippen molar-refractivity contribution >= 4 is 6.29 Å². The highest BCUT2D eigenvalue weighted by molar-refractivity contribution is 5.82. The van der Waals surface area contributed by atoms with Crippen LogP contribution in [-0.2, 0) is 6.61 Å². The predicted molar refractivity (Wildman–Crippen MR) is 89.7 cm³/mol. The molecule has 1 N–H and O–H groups in total. The second kappa shape index (κ2) is 6.79. The second-order valence-electron chi connectivity index (χ2n) is 5.19. The largest absolute Gasteiger partial charge is 0.507 e. The fourth-order valence-electron chi connectivity index (χ4n) is 2.31. The van der Waals surface area contributed by atoms with Gasteiger partial charge < -0.3 is 9.84 Å². The molecule has 3 nitrogen and oxygen atoms in total. The Kier molecular flexibility index (Phi) is 4.39. The number of aldehydes is 1. The Balaban J connectivity index is 1.73. The predicted octanol–water partition coefficient (Wildman–Crippen LogP) is 4.45. The summed E-state index contributed by atoms with van der Waals surface area (Å²) in [6, 6.07) is 22.6. The van der Waals surface area contributed by atoms with E-state index in [1.165, 1.54) is 6.07 Å². The van der Waals surface area contributed by atoms with Crippen LogP contribution in [0, 0.1) is 0 Å². The number of benzene rings is 3. The molecule has 0 saturated heterocycles. The Labute approximate surface area is 134 Å². The third kappa shape index (κ3) is 3.58. The summed E-state index contributed by atoms with van der Waals surface area (Å²) in [5, 5.41) is 9.55. The van der Waals surface area contributed by atoms with Gasteiger partial charge in [-0.25, -0.2) is 0 Å². The molecule has 0 unspecified atom stereocenters. The van der Waals surface area contributed by atoms with E-state index < -0.39 is 0 Å². The minimum absolute atomic E-state index is 0.00781. The van der Waals surface area contributed by atoms with Crippen LogP contribution in [0.3, 0.4) is 0 Å². The molecule has 3 aromatic rings. The zero-order chi connectivity index (χ0) is 16.1. The zero-order valence-electron chi connectivity index (χ0n) is 12.5. The van der Waals surface area contributed by atoms with Crippen molar-refractivity contribution in [1.29, 1.82) is 0 Å². The van der Waals surface area contributed by atoms with Gasteiger partial charge in [0.15, 0.2) is 6.29 Å². The van der Waals surface area contributed by atoms with Crippen LogP contribution in [0.2, 0.25) is 0 Å². The molecular formula is C20H16O3. The average Bonchev–Trinajstić information content (AvgIpc) is 2.62. The van der Waals surface area contributed by atoms with Gasteiger partial charge in [-0.1, -0.05) is 48.5 Å². The fraction of sp³-hybridized carbons (Fsp3) is 0.0500. The van der Waals surface area contributed by atoms with E-state index in [1.54, 1.807) is 12.1 Å². The van der Waals surface area contributed by atoms with Gasteiger partial charge in [0.1, 0.15) is 18.1 Å². The molecule has 0 aliphatic rings. The Morgan fingerprint density at radius 3 is 2.26 bits per heavy atom. The Hall–Kier alpha value is -3.07. The van der Waals surface area contributed by atoms with Crippen molar-refractivity contribution in [3.05, 3.63) is 83.9 Å². The van der Waals surface area contributed by atoms with E-state index in [0.29, 0.717) is 12.9 Å². The quantitative estimate of drug-likeness (QED) is 0.708. The van der Waals surface area contributed by atoms with E-state index in [1.807, 2.05) is 54.6 Å². The van der Waals surface area contributed by atoms with Crippen molar-refractivity contribution in [1.82, 2.24) is 0 Å². The number of rotatable bonds is 5. The summed E-state index contributed by atoms with van der Waals surface area (Å²) in [5.41, 5.74) is 3.23. The van der Waals surface area contributed by atoms with Gasteiger partial charge in [0.05, 0.1) is 5.56 Å². The third-order valence-corrected chi connectivity index (χ3v) is 3.59. The van der Waals surface area contributed by atoms with Gasteiger partial charge in [-0.05, 0) is 41.0 Å². The lowest BCUT2D eigenvalue weighted by Gasteiger charge is -2.08. The number of phenolic OH excluding ortho intramolecular Hbond substituents is 1. The van der Waals surface area contributed by atoms with Crippen LogP contribution in [0.1, 0.15) is 15.9 Å². The number of carbonyl (C=O) groups excluding carboxylic acids is 1. The van der Waals surface area contributed by atoms with Gasteiger partial charge in [-0.15, -0.1) is 0 Å². The van der Waals surface area contributed by atoms with Crippen LogP contribution in [0.5, 0.6) is 11.5 Å². The number of hydrogen-bond acceptors (Lipinski definition) is 3. The molecule has 0 atom stereocenters. The first kappa shape index (κ1) is 14.9. The third-order valence-electron chi connectivity index (χ3n) is 3.59. The molecule has 0 saturated carbocycles. The lowest BCUT2D eigenvalue weighted by molar-refractivity contribution is 0.112.